The van der Waals surface area contributed by atoms with Crippen LogP contribution in [0.25, 0.3) is 0 Å². The van der Waals surface area contributed by atoms with E-state index in [1.807, 2.05) is 0 Å². The van der Waals surface area contributed by atoms with Crippen LogP contribution in [-0.2, 0) is 4.79 Å². The number of carbonyl (C=O) groups is 1. The van der Waals surface area contributed by atoms with Crippen LogP contribution in [0.2, 0.25) is 0 Å². The molecule has 0 amide bonds. The first-order valence-corrected chi connectivity index (χ1v) is 5.64. The molecule has 1 aromatic rings. The van der Waals surface area contributed by atoms with Gasteiger partial charge in [-0.3, -0.25) is 14.9 Å². The summed E-state index contributed by atoms with van der Waals surface area (Å²) in [6, 6.07) is 4.57. The van der Waals surface area contributed by atoms with Gasteiger partial charge in [0.2, 0.25) is 0 Å². The second-order valence-electron chi connectivity index (χ2n) is 4.55. The van der Waals surface area contributed by atoms with Gasteiger partial charge < -0.3 is 15.6 Å². The van der Waals surface area contributed by atoms with Crippen molar-refractivity contribution < 1.29 is 19.6 Å². The molecule has 0 aromatic heterocycles. The number of aryl methyl sites for hydroxylation is 1. The highest BCUT2D eigenvalue weighted by Crippen LogP contribution is 2.28. The molecule has 3 N–H and O–H groups in total. The lowest BCUT2D eigenvalue weighted by Crippen LogP contribution is -2.45. The Morgan fingerprint density at radius 1 is 1.58 bits per heavy atom. The number of carboxylic acids is 1. The lowest BCUT2D eigenvalue weighted by molar-refractivity contribution is -0.385. The molecule has 1 aromatic carbocycles. The molecule has 0 bridgehead atoms. The van der Waals surface area contributed by atoms with Gasteiger partial charge in [0.1, 0.15) is 5.54 Å². The summed E-state index contributed by atoms with van der Waals surface area (Å²) in [5.74, 6) is -1.04. The molecule has 104 valence electrons. The third kappa shape index (κ3) is 3.92. The minimum absolute atomic E-state index is 0.0107. The Morgan fingerprint density at radius 3 is 2.74 bits per heavy atom. The van der Waals surface area contributed by atoms with Crippen LogP contribution in [-0.4, -0.2) is 28.1 Å². The molecule has 0 spiro atoms. The van der Waals surface area contributed by atoms with E-state index in [0.717, 1.165) is 5.56 Å². The van der Waals surface area contributed by atoms with Crippen molar-refractivity contribution in [2.75, 3.05) is 6.61 Å². The topological polar surface area (TPSA) is 116 Å². The second-order valence-corrected chi connectivity index (χ2v) is 4.55. The highest BCUT2D eigenvalue weighted by Gasteiger charge is 2.28. The van der Waals surface area contributed by atoms with Gasteiger partial charge in [0, 0.05) is 12.5 Å². The van der Waals surface area contributed by atoms with Gasteiger partial charge >= 0.3 is 11.7 Å². The Hall–Kier alpha value is -2.15. The zero-order valence-electron chi connectivity index (χ0n) is 10.8. The molecule has 7 nitrogen and oxygen atoms in total. The van der Waals surface area contributed by atoms with E-state index in [1.54, 1.807) is 13.0 Å². The van der Waals surface area contributed by atoms with Crippen molar-refractivity contribution in [3.63, 3.8) is 0 Å². The molecular formula is C12H16N2O5. The van der Waals surface area contributed by atoms with Gasteiger partial charge in [-0.1, -0.05) is 6.07 Å². The summed E-state index contributed by atoms with van der Waals surface area (Å²) < 4.78 is 5.25. The Balaban J connectivity index is 2.74. The third-order valence-corrected chi connectivity index (χ3v) is 2.68. The Bertz CT molecular complexity index is 499. The van der Waals surface area contributed by atoms with E-state index in [-0.39, 0.29) is 24.5 Å². The van der Waals surface area contributed by atoms with Gasteiger partial charge in [-0.25, -0.2) is 0 Å². The summed E-state index contributed by atoms with van der Waals surface area (Å²) in [5.41, 5.74) is 4.71. The number of benzene rings is 1. The summed E-state index contributed by atoms with van der Waals surface area (Å²) in [7, 11) is 0. The third-order valence-electron chi connectivity index (χ3n) is 2.68. The number of nitro groups is 1. The predicted molar refractivity (Wildman–Crippen MR) is 68.2 cm³/mol. The first kappa shape index (κ1) is 14.9. The standard InChI is InChI=1S/C12H16N2O5/c1-8-3-4-10(9(7-8)14(17)18)19-6-5-12(2,13)11(15)16/h3-4,7H,5-6,13H2,1-2H3,(H,15,16). The van der Waals surface area contributed by atoms with Crippen LogP contribution in [0.3, 0.4) is 0 Å². The molecule has 0 fully saturated rings. The zero-order valence-corrected chi connectivity index (χ0v) is 10.8. The van der Waals surface area contributed by atoms with Gasteiger partial charge in [-0.05, 0) is 25.5 Å². The lowest BCUT2D eigenvalue weighted by Gasteiger charge is -2.18. The molecule has 0 radical (unpaired) electrons. The Morgan fingerprint density at radius 2 is 2.21 bits per heavy atom. The van der Waals surface area contributed by atoms with Crippen LogP contribution in [0.5, 0.6) is 5.75 Å². The van der Waals surface area contributed by atoms with Crippen molar-refractivity contribution in [2.45, 2.75) is 25.8 Å². The maximum atomic E-state index is 10.8. The van der Waals surface area contributed by atoms with Crippen molar-refractivity contribution in [1.29, 1.82) is 0 Å². The second kappa shape index (κ2) is 5.66. The molecule has 19 heavy (non-hydrogen) atoms. The molecular weight excluding hydrogens is 252 g/mol. The number of rotatable bonds is 6. The molecule has 1 rings (SSSR count). The minimum Gasteiger partial charge on any atom is -0.487 e. The summed E-state index contributed by atoms with van der Waals surface area (Å²) in [4.78, 5) is 21.1. The van der Waals surface area contributed by atoms with Crippen molar-refractivity contribution in [3.05, 3.63) is 33.9 Å². The largest absolute Gasteiger partial charge is 0.487 e. The van der Waals surface area contributed by atoms with Gasteiger partial charge in [-0.15, -0.1) is 0 Å². The van der Waals surface area contributed by atoms with E-state index >= 15 is 0 Å². The Kier molecular flexibility index (Phi) is 4.44. The van der Waals surface area contributed by atoms with E-state index in [4.69, 9.17) is 15.6 Å². The van der Waals surface area contributed by atoms with Crippen molar-refractivity contribution >= 4 is 11.7 Å². The van der Waals surface area contributed by atoms with E-state index < -0.39 is 16.4 Å². The number of nitrogens with zero attached hydrogens (tertiary/aromatic N) is 1. The summed E-state index contributed by atoms with van der Waals surface area (Å²) in [5, 5.41) is 19.7. The summed E-state index contributed by atoms with van der Waals surface area (Å²) in [6.45, 7) is 3.09. The lowest BCUT2D eigenvalue weighted by atomic mass is 10.0. The fourth-order valence-electron chi connectivity index (χ4n) is 1.37. The van der Waals surface area contributed by atoms with Crippen LogP contribution >= 0.6 is 0 Å². The minimum atomic E-state index is -1.42. The molecule has 0 saturated carbocycles. The first-order valence-electron chi connectivity index (χ1n) is 5.64. The fourth-order valence-corrected chi connectivity index (χ4v) is 1.37. The predicted octanol–water partition coefficient (Wildman–Crippen LogP) is 1.47. The van der Waals surface area contributed by atoms with Crippen molar-refractivity contribution in [1.82, 2.24) is 0 Å². The normalized spacial score (nSPS) is 13.6. The summed E-state index contributed by atoms with van der Waals surface area (Å²) in [6.07, 6.45) is 0.0490. The van der Waals surface area contributed by atoms with Crippen molar-refractivity contribution in [2.24, 2.45) is 5.73 Å². The molecule has 1 atom stereocenters. The SMILES string of the molecule is Cc1ccc(OCCC(C)(N)C(=O)O)c([N+](=O)[O-])c1. The molecule has 0 saturated heterocycles. The van der Waals surface area contributed by atoms with E-state index in [0.29, 0.717) is 0 Å². The van der Waals surface area contributed by atoms with Crippen molar-refractivity contribution in [3.8, 4) is 5.75 Å². The van der Waals surface area contributed by atoms with E-state index in [9.17, 15) is 14.9 Å². The average molecular weight is 268 g/mol. The molecule has 0 heterocycles. The molecule has 0 aliphatic carbocycles. The maximum Gasteiger partial charge on any atom is 0.323 e. The Labute approximate surface area is 110 Å². The van der Waals surface area contributed by atoms with E-state index in [1.165, 1.54) is 19.1 Å². The number of ether oxygens (including phenoxy) is 1. The number of nitro benzene ring substituents is 1. The van der Waals surface area contributed by atoms with Crippen LogP contribution in [0.15, 0.2) is 18.2 Å². The number of carboxylic acid groups (broad SMARTS) is 1. The van der Waals surface area contributed by atoms with Crippen LogP contribution in [0.4, 0.5) is 5.69 Å². The number of hydrogen-bond acceptors (Lipinski definition) is 5. The number of aliphatic carboxylic acids is 1. The van der Waals surface area contributed by atoms with Crippen LogP contribution in [0, 0.1) is 17.0 Å². The monoisotopic (exact) mass is 268 g/mol. The molecule has 1 unspecified atom stereocenters. The zero-order chi connectivity index (χ0) is 14.6. The maximum absolute atomic E-state index is 10.8. The average Bonchev–Trinajstić information content (AvgIpc) is 2.30. The summed E-state index contributed by atoms with van der Waals surface area (Å²) >= 11 is 0. The first-order chi connectivity index (χ1) is 8.74. The van der Waals surface area contributed by atoms with Gasteiger partial charge in [0.25, 0.3) is 0 Å². The highest BCUT2D eigenvalue weighted by atomic mass is 16.6. The van der Waals surface area contributed by atoms with E-state index in [2.05, 4.69) is 0 Å². The molecule has 0 aliphatic rings. The van der Waals surface area contributed by atoms with Gasteiger partial charge in [0.15, 0.2) is 5.75 Å². The molecule has 0 aliphatic heterocycles. The van der Waals surface area contributed by atoms with Gasteiger partial charge in [0.05, 0.1) is 11.5 Å². The number of nitrogens with two attached hydrogens (primary N) is 1. The van der Waals surface area contributed by atoms with Crippen LogP contribution < -0.4 is 10.5 Å². The quantitative estimate of drug-likeness (QED) is 0.596. The van der Waals surface area contributed by atoms with Crippen LogP contribution in [0.1, 0.15) is 18.9 Å². The fraction of sp³-hybridized carbons (Fsp3) is 0.417. The number of hydrogen-bond donors (Lipinski definition) is 2. The smallest absolute Gasteiger partial charge is 0.323 e. The highest BCUT2D eigenvalue weighted by molar-refractivity contribution is 5.77. The van der Waals surface area contributed by atoms with Gasteiger partial charge in [-0.2, -0.15) is 0 Å². The molecule has 7 heteroatoms.